The lowest BCUT2D eigenvalue weighted by molar-refractivity contribution is 0.112. The highest BCUT2D eigenvalue weighted by atomic mass is 79.9. The predicted molar refractivity (Wildman–Crippen MR) is 57.1 cm³/mol. The van der Waals surface area contributed by atoms with Crippen molar-refractivity contribution in [3.8, 4) is 11.8 Å². The maximum Gasteiger partial charge on any atom is 0.151 e. The minimum atomic E-state index is -0.418. The van der Waals surface area contributed by atoms with Gasteiger partial charge in [-0.25, -0.2) is 4.39 Å². The molecule has 14 heavy (non-hydrogen) atoms. The minimum Gasteiger partial charge on any atom is -0.298 e. The van der Waals surface area contributed by atoms with Gasteiger partial charge in [0, 0.05) is 22.9 Å². The van der Waals surface area contributed by atoms with Gasteiger partial charge in [0.25, 0.3) is 0 Å². The molecule has 72 valence electrons. The maximum atomic E-state index is 12.7. The Bertz CT molecular complexity index is 390. The van der Waals surface area contributed by atoms with Gasteiger partial charge in [0.2, 0.25) is 0 Å². The van der Waals surface area contributed by atoms with Gasteiger partial charge in [0.15, 0.2) is 6.29 Å². The third-order valence-corrected chi connectivity index (χ3v) is 1.98. The Morgan fingerprint density at radius 1 is 1.50 bits per heavy atom. The number of benzene rings is 1. The lowest BCUT2D eigenvalue weighted by Crippen LogP contribution is -1.88. The molecule has 0 aliphatic carbocycles. The van der Waals surface area contributed by atoms with E-state index in [1.54, 1.807) is 0 Å². The van der Waals surface area contributed by atoms with Crippen molar-refractivity contribution in [2.24, 2.45) is 0 Å². The molecule has 0 aliphatic heterocycles. The Morgan fingerprint density at radius 2 is 2.29 bits per heavy atom. The van der Waals surface area contributed by atoms with Crippen molar-refractivity contribution >= 4 is 22.2 Å². The molecule has 0 saturated heterocycles. The Labute approximate surface area is 90.4 Å². The standard InChI is InChI=1S/C11H8BrFO/c12-6-2-1-3-9-4-5-11(13)7-10(9)8-14/h4-5,7-8H,2,6H2. The summed E-state index contributed by atoms with van der Waals surface area (Å²) < 4.78 is 12.7. The van der Waals surface area contributed by atoms with Crippen LogP contribution in [0.2, 0.25) is 0 Å². The zero-order valence-corrected chi connectivity index (χ0v) is 8.97. The molecule has 0 bridgehead atoms. The van der Waals surface area contributed by atoms with E-state index in [4.69, 9.17) is 0 Å². The lowest BCUT2D eigenvalue weighted by Gasteiger charge is -1.95. The van der Waals surface area contributed by atoms with Crippen molar-refractivity contribution < 1.29 is 9.18 Å². The van der Waals surface area contributed by atoms with Crippen LogP contribution in [-0.2, 0) is 0 Å². The summed E-state index contributed by atoms with van der Waals surface area (Å²) in [6, 6.07) is 4.00. The molecule has 0 N–H and O–H groups in total. The normalized spacial score (nSPS) is 9.00. The molecule has 0 amide bonds. The van der Waals surface area contributed by atoms with Crippen LogP contribution in [-0.4, -0.2) is 11.6 Å². The second-order valence-corrected chi connectivity index (χ2v) is 3.38. The van der Waals surface area contributed by atoms with Crippen molar-refractivity contribution in [2.75, 3.05) is 5.33 Å². The molecule has 1 nitrogen and oxygen atoms in total. The molecule has 0 fully saturated rings. The van der Waals surface area contributed by atoms with Crippen LogP contribution in [0.1, 0.15) is 22.3 Å². The molecule has 0 unspecified atom stereocenters. The summed E-state index contributed by atoms with van der Waals surface area (Å²) in [4.78, 5) is 10.6. The van der Waals surface area contributed by atoms with E-state index in [-0.39, 0.29) is 0 Å². The number of hydrogen-bond donors (Lipinski definition) is 0. The van der Waals surface area contributed by atoms with Gasteiger partial charge in [-0.15, -0.1) is 0 Å². The van der Waals surface area contributed by atoms with E-state index >= 15 is 0 Å². The van der Waals surface area contributed by atoms with Gasteiger partial charge in [-0.3, -0.25) is 4.79 Å². The molecule has 0 aliphatic rings. The fraction of sp³-hybridized carbons (Fsp3) is 0.182. The topological polar surface area (TPSA) is 17.1 Å². The molecule has 0 saturated carbocycles. The van der Waals surface area contributed by atoms with Crippen LogP contribution >= 0.6 is 15.9 Å². The van der Waals surface area contributed by atoms with E-state index in [2.05, 4.69) is 27.8 Å². The van der Waals surface area contributed by atoms with Gasteiger partial charge >= 0.3 is 0 Å². The first kappa shape index (κ1) is 10.9. The number of carbonyl (C=O) groups excluding carboxylic acids is 1. The highest BCUT2D eigenvalue weighted by Gasteiger charge is 1.99. The molecule has 0 atom stereocenters. The summed E-state index contributed by atoms with van der Waals surface area (Å²) in [6.45, 7) is 0. The SMILES string of the molecule is O=Cc1cc(F)ccc1C#CCCBr. The Kier molecular flexibility index (Phi) is 4.34. The summed E-state index contributed by atoms with van der Waals surface area (Å²) in [5, 5.41) is 0.789. The second kappa shape index (κ2) is 5.56. The summed E-state index contributed by atoms with van der Waals surface area (Å²) >= 11 is 3.24. The number of alkyl halides is 1. The van der Waals surface area contributed by atoms with Gasteiger partial charge < -0.3 is 0 Å². The average Bonchev–Trinajstić information content (AvgIpc) is 2.20. The number of aldehydes is 1. The van der Waals surface area contributed by atoms with Crippen molar-refractivity contribution in [1.29, 1.82) is 0 Å². The first-order valence-electron chi connectivity index (χ1n) is 4.07. The van der Waals surface area contributed by atoms with E-state index in [0.29, 0.717) is 23.8 Å². The van der Waals surface area contributed by atoms with Crippen LogP contribution in [0.3, 0.4) is 0 Å². The van der Waals surface area contributed by atoms with Crippen LogP contribution in [0.25, 0.3) is 0 Å². The third-order valence-electron chi connectivity index (χ3n) is 1.58. The van der Waals surface area contributed by atoms with Crippen molar-refractivity contribution in [2.45, 2.75) is 6.42 Å². The van der Waals surface area contributed by atoms with Gasteiger partial charge in [-0.2, -0.15) is 0 Å². The largest absolute Gasteiger partial charge is 0.298 e. The van der Waals surface area contributed by atoms with E-state index in [9.17, 15) is 9.18 Å². The van der Waals surface area contributed by atoms with E-state index in [1.807, 2.05) is 0 Å². The number of carbonyl (C=O) groups is 1. The van der Waals surface area contributed by atoms with E-state index in [0.717, 1.165) is 5.33 Å². The summed E-state index contributed by atoms with van der Waals surface area (Å²) in [7, 11) is 0. The Morgan fingerprint density at radius 3 is 2.93 bits per heavy atom. The summed E-state index contributed by atoms with van der Waals surface area (Å²) in [5.74, 6) is 5.26. The molecule has 3 heteroatoms. The molecule has 1 rings (SSSR count). The van der Waals surface area contributed by atoms with Gasteiger partial charge in [0.05, 0.1) is 0 Å². The zero-order valence-electron chi connectivity index (χ0n) is 7.39. The molecule has 1 aromatic rings. The van der Waals surface area contributed by atoms with E-state index < -0.39 is 5.82 Å². The van der Waals surface area contributed by atoms with Crippen LogP contribution in [0, 0.1) is 17.7 Å². The van der Waals surface area contributed by atoms with Gasteiger partial charge in [0.1, 0.15) is 5.82 Å². The highest BCUT2D eigenvalue weighted by Crippen LogP contribution is 2.07. The molecule has 0 heterocycles. The monoisotopic (exact) mass is 254 g/mol. The highest BCUT2D eigenvalue weighted by molar-refractivity contribution is 9.09. The fourth-order valence-electron chi connectivity index (χ4n) is 0.950. The zero-order chi connectivity index (χ0) is 10.4. The van der Waals surface area contributed by atoms with Crippen LogP contribution < -0.4 is 0 Å². The quantitative estimate of drug-likeness (QED) is 0.451. The molecule has 0 aromatic heterocycles. The van der Waals surface area contributed by atoms with Gasteiger partial charge in [-0.05, 0) is 18.2 Å². The molecular formula is C11H8BrFO. The molecular weight excluding hydrogens is 247 g/mol. The lowest BCUT2D eigenvalue weighted by atomic mass is 10.1. The maximum absolute atomic E-state index is 12.7. The predicted octanol–water partition coefficient (Wildman–Crippen LogP) is 2.77. The summed E-state index contributed by atoms with van der Waals surface area (Å²) in [5.41, 5.74) is 0.870. The smallest absolute Gasteiger partial charge is 0.151 e. The van der Waals surface area contributed by atoms with Gasteiger partial charge in [-0.1, -0.05) is 27.8 Å². The summed E-state index contributed by atoms with van der Waals surface area (Å²) in [6.07, 6.45) is 1.32. The average molecular weight is 255 g/mol. The number of halogens is 2. The number of rotatable bonds is 2. The van der Waals surface area contributed by atoms with Crippen molar-refractivity contribution in [3.63, 3.8) is 0 Å². The number of hydrogen-bond acceptors (Lipinski definition) is 1. The van der Waals surface area contributed by atoms with Crippen molar-refractivity contribution in [1.82, 2.24) is 0 Å². The van der Waals surface area contributed by atoms with Crippen LogP contribution in [0.4, 0.5) is 4.39 Å². The second-order valence-electron chi connectivity index (χ2n) is 2.59. The Balaban J connectivity index is 2.98. The third kappa shape index (κ3) is 2.97. The molecule has 0 spiro atoms. The minimum absolute atomic E-state index is 0.298. The van der Waals surface area contributed by atoms with Crippen molar-refractivity contribution in [3.05, 3.63) is 35.1 Å². The molecule has 0 radical (unpaired) electrons. The first-order chi connectivity index (χ1) is 6.77. The van der Waals surface area contributed by atoms with E-state index in [1.165, 1.54) is 18.2 Å². The van der Waals surface area contributed by atoms with Crippen LogP contribution in [0.15, 0.2) is 18.2 Å². The Hall–Kier alpha value is -1.14. The molecule has 1 aromatic carbocycles. The first-order valence-corrected chi connectivity index (χ1v) is 5.19. The fourth-order valence-corrected chi connectivity index (χ4v) is 1.15. The van der Waals surface area contributed by atoms with Crippen LogP contribution in [0.5, 0.6) is 0 Å².